The fourth-order valence-electron chi connectivity index (χ4n) is 1.31. The van der Waals surface area contributed by atoms with Gasteiger partial charge in [0, 0.05) is 11.6 Å². The summed E-state index contributed by atoms with van der Waals surface area (Å²) >= 11 is 3.45. The third kappa shape index (κ3) is 4.09. The van der Waals surface area contributed by atoms with Crippen LogP contribution >= 0.6 is 23.1 Å². The summed E-state index contributed by atoms with van der Waals surface area (Å²) in [5.74, 6) is 0.154. The van der Waals surface area contributed by atoms with Gasteiger partial charge in [-0.05, 0) is 19.6 Å². The fourth-order valence-corrected chi connectivity index (χ4v) is 3.13. The molecule has 0 fully saturated rings. The molecule has 1 aromatic heterocycles. The van der Waals surface area contributed by atoms with Gasteiger partial charge in [-0.3, -0.25) is 4.99 Å². The van der Waals surface area contributed by atoms with Crippen molar-refractivity contribution in [2.45, 2.75) is 24.6 Å². The Morgan fingerprint density at radius 2 is 2.40 bits per heavy atom. The van der Waals surface area contributed by atoms with Gasteiger partial charge in [-0.25, -0.2) is 4.98 Å². The van der Waals surface area contributed by atoms with Crippen LogP contribution in [0.1, 0.15) is 23.6 Å². The molecule has 0 amide bonds. The molecule has 84 valence electrons. The quantitative estimate of drug-likeness (QED) is 0.609. The summed E-state index contributed by atoms with van der Waals surface area (Å²) in [6.45, 7) is 2.01. The van der Waals surface area contributed by atoms with E-state index in [9.17, 15) is 0 Å². The molecule has 2 atom stereocenters. The van der Waals surface area contributed by atoms with Crippen molar-refractivity contribution in [3.8, 4) is 0 Å². The summed E-state index contributed by atoms with van der Waals surface area (Å²) in [7, 11) is 0. The number of thiazole rings is 1. The summed E-state index contributed by atoms with van der Waals surface area (Å²) in [5.41, 5.74) is 10.7. The van der Waals surface area contributed by atoms with Crippen LogP contribution in [-0.4, -0.2) is 23.2 Å². The minimum Gasteiger partial charge on any atom is -0.370 e. The van der Waals surface area contributed by atoms with E-state index in [1.807, 2.05) is 18.5 Å². The molecule has 0 aliphatic rings. The van der Waals surface area contributed by atoms with E-state index in [1.54, 1.807) is 23.1 Å². The molecule has 0 bridgehead atoms. The van der Waals surface area contributed by atoms with Gasteiger partial charge in [0.05, 0.1) is 11.3 Å². The van der Waals surface area contributed by atoms with Gasteiger partial charge >= 0.3 is 0 Å². The second-order valence-corrected chi connectivity index (χ2v) is 5.20. The lowest BCUT2D eigenvalue weighted by atomic mass is 10.2. The second-order valence-electron chi connectivity index (χ2n) is 3.23. The monoisotopic (exact) mass is 244 g/mol. The number of aliphatic imine (C=N–C) groups is 1. The molecule has 4 nitrogen and oxygen atoms in total. The number of hydrogen-bond donors (Lipinski definition) is 2. The minimum absolute atomic E-state index is 0.136. The molecule has 0 saturated carbocycles. The Kier molecular flexibility index (Phi) is 4.90. The Morgan fingerprint density at radius 3 is 2.87 bits per heavy atom. The Hall–Kier alpha value is -0.750. The van der Waals surface area contributed by atoms with E-state index in [0.717, 1.165) is 11.4 Å². The van der Waals surface area contributed by atoms with Crippen molar-refractivity contribution >= 4 is 29.1 Å². The van der Waals surface area contributed by atoms with Crippen LogP contribution < -0.4 is 11.5 Å². The molecule has 0 aliphatic heterocycles. The molecule has 0 aliphatic carbocycles. The van der Waals surface area contributed by atoms with Gasteiger partial charge < -0.3 is 11.5 Å². The number of guanidine groups is 1. The van der Waals surface area contributed by atoms with Gasteiger partial charge in [0.2, 0.25) is 0 Å². The largest absolute Gasteiger partial charge is 0.370 e. The smallest absolute Gasteiger partial charge is 0.186 e. The van der Waals surface area contributed by atoms with Crippen LogP contribution in [0.4, 0.5) is 0 Å². The van der Waals surface area contributed by atoms with Crippen molar-refractivity contribution < 1.29 is 0 Å². The maximum absolute atomic E-state index is 5.34. The van der Waals surface area contributed by atoms with E-state index in [1.165, 1.54) is 0 Å². The SMILES string of the molecule is CSC(CC(C)N=C(N)N)c1nccs1. The Morgan fingerprint density at radius 1 is 1.67 bits per heavy atom. The molecule has 6 heteroatoms. The average molecular weight is 244 g/mol. The highest BCUT2D eigenvalue weighted by Gasteiger charge is 2.16. The average Bonchev–Trinajstić information content (AvgIpc) is 2.65. The van der Waals surface area contributed by atoms with E-state index in [0.29, 0.717) is 5.25 Å². The predicted molar refractivity (Wildman–Crippen MR) is 68.3 cm³/mol. The first kappa shape index (κ1) is 12.3. The van der Waals surface area contributed by atoms with Crippen LogP contribution in [0, 0.1) is 0 Å². The summed E-state index contributed by atoms with van der Waals surface area (Å²) in [4.78, 5) is 8.42. The van der Waals surface area contributed by atoms with E-state index in [-0.39, 0.29) is 12.0 Å². The molecule has 1 heterocycles. The van der Waals surface area contributed by atoms with Gasteiger partial charge in [-0.15, -0.1) is 11.3 Å². The Balaban J connectivity index is 2.58. The molecule has 4 N–H and O–H groups in total. The first-order valence-electron chi connectivity index (χ1n) is 4.64. The summed E-state index contributed by atoms with van der Waals surface area (Å²) < 4.78 is 0. The van der Waals surface area contributed by atoms with Crippen LogP contribution in [-0.2, 0) is 0 Å². The van der Waals surface area contributed by atoms with Gasteiger partial charge in [-0.2, -0.15) is 11.8 Å². The number of hydrogen-bond acceptors (Lipinski definition) is 4. The highest BCUT2D eigenvalue weighted by molar-refractivity contribution is 7.98. The zero-order valence-corrected chi connectivity index (χ0v) is 10.5. The van der Waals surface area contributed by atoms with Crippen molar-refractivity contribution in [2.24, 2.45) is 16.5 Å². The molecular formula is C9H16N4S2. The molecular weight excluding hydrogens is 228 g/mol. The number of aromatic nitrogens is 1. The maximum atomic E-state index is 5.34. The zero-order chi connectivity index (χ0) is 11.3. The van der Waals surface area contributed by atoms with Crippen molar-refractivity contribution in [1.29, 1.82) is 0 Å². The summed E-state index contributed by atoms with van der Waals surface area (Å²) in [6.07, 6.45) is 4.81. The van der Waals surface area contributed by atoms with Gasteiger partial charge in [0.25, 0.3) is 0 Å². The van der Waals surface area contributed by atoms with E-state index >= 15 is 0 Å². The maximum Gasteiger partial charge on any atom is 0.186 e. The zero-order valence-electron chi connectivity index (χ0n) is 8.88. The standard InChI is InChI=1S/C9H16N4S2/c1-6(13-9(10)11)5-7(14-2)8-12-3-4-15-8/h3-4,6-7H,5H2,1-2H3,(H4,10,11,13). The van der Waals surface area contributed by atoms with Crippen LogP contribution in [0.15, 0.2) is 16.6 Å². The Bertz CT molecular complexity index is 306. The molecule has 1 rings (SSSR count). The van der Waals surface area contributed by atoms with E-state index in [2.05, 4.69) is 16.2 Å². The van der Waals surface area contributed by atoms with E-state index in [4.69, 9.17) is 11.5 Å². The van der Waals surface area contributed by atoms with Gasteiger partial charge in [0.1, 0.15) is 5.01 Å². The van der Waals surface area contributed by atoms with Crippen molar-refractivity contribution in [3.63, 3.8) is 0 Å². The molecule has 0 aromatic carbocycles. The van der Waals surface area contributed by atoms with Crippen LogP contribution in [0.25, 0.3) is 0 Å². The summed E-state index contributed by atoms with van der Waals surface area (Å²) in [5, 5.41) is 3.51. The predicted octanol–water partition coefficient (Wildman–Crippen LogP) is 1.60. The fraction of sp³-hybridized carbons (Fsp3) is 0.556. The molecule has 0 spiro atoms. The number of nitrogens with zero attached hydrogens (tertiary/aromatic N) is 2. The van der Waals surface area contributed by atoms with Crippen molar-refractivity contribution in [1.82, 2.24) is 4.98 Å². The van der Waals surface area contributed by atoms with Gasteiger partial charge in [-0.1, -0.05) is 0 Å². The minimum atomic E-state index is 0.136. The third-order valence-corrected chi connectivity index (χ3v) is 3.96. The number of nitrogens with two attached hydrogens (primary N) is 2. The first-order chi connectivity index (χ1) is 7.13. The normalized spacial score (nSPS) is 14.5. The number of thioether (sulfide) groups is 1. The van der Waals surface area contributed by atoms with Crippen LogP contribution in [0.2, 0.25) is 0 Å². The summed E-state index contributed by atoms with van der Waals surface area (Å²) in [6, 6.07) is 0.136. The second kappa shape index (κ2) is 5.97. The third-order valence-electron chi connectivity index (χ3n) is 1.94. The highest BCUT2D eigenvalue weighted by Crippen LogP contribution is 2.32. The molecule has 0 radical (unpaired) electrons. The topological polar surface area (TPSA) is 77.3 Å². The molecule has 1 aromatic rings. The van der Waals surface area contributed by atoms with E-state index < -0.39 is 0 Å². The lowest BCUT2D eigenvalue weighted by Crippen LogP contribution is -2.25. The molecule has 2 unspecified atom stereocenters. The lowest BCUT2D eigenvalue weighted by molar-refractivity contribution is 0.656. The van der Waals surface area contributed by atoms with Crippen LogP contribution in [0.5, 0.6) is 0 Å². The molecule has 0 saturated heterocycles. The van der Waals surface area contributed by atoms with Crippen molar-refractivity contribution in [2.75, 3.05) is 6.26 Å². The number of rotatable bonds is 5. The first-order valence-corrected chi connectivity index (χ1v) is 6.81. The highest BCUT2D eigenvalue weighted by atomic mass is 32.2. The lowest BCUT2D eigenvalue weighted by Gasteiger charge is -2.14. The Labute approximate surface area is 98.2 Å². The van der Waals surface area contributed by atoms with Crippen molar-refractivity contribution in [3.05, 3.63) is 16.6 Å². The molecule has 15 heavy (non-hydrogen) atoms. The van der Waals surface area contributed by atoms with Crippen LogP contribution in [0.3, 0.4) is 0 Å². The van der Waals surface area contributed by atoms with Gasteiger partial charge in [0.15, 0.2) is 5.96 Å².